The number of rotatable bonds is 2. The average Bonchev–Trinajstić information content (AvgIpc) is 2.55. The number of hydrogen-bond acceptors (Lipinski definition) is 7. The predicted octanol–water partition coefficient (Wildman–Crippen LogP) is -0.0185. The molecule has 2 heterocycles. The maximum absolute atomic E-state index is 11.5. The van der Waals surface area contributed by atoms with Gasteiger partial charge in [0, 0.05) is 0 Å². The van der Waals surface area contributed by atoms with Gasteiger partial charge in [-0.1, -0.05) is 0 Å². The van der Waals surface area contributed by atoms with E-state index in [-0.39, 0.29) is 10.9 Å². The van der Waals surface area contributed by atoms with Crippen molar-refractivity contribution in [2.45, 2.75) is 0 Å². The van der Waals surface area contributed by atoms with Gasteiger partial charge in [0.25, 0.3) is 5.88 Å². The Kier molecular flexibility index (Phi) is 2.69. The van der Waals surface area contributed by atoms with Crippen molar-refractivity contribution in [3.8, 4) is 5.88 Å². The van der Waals surface area contributed by atoms with Crippen LogP contribution in [0.5, 0.6) is 5.88 Å². The third-order valence-corrected chi connectivity index (χ3v) is 2.90. The number of aromatic nitrogens is 1. The molecule has 1 N–H and O–H groups in total. The molecule has 7 nitrogen and oxygen atoms in total. The molecule has 0 amide bonds. The van der Waals surface area contributed by atoms with Crippen LogP contribution < -0.4 is 9.88 Å². The van der Waals surface area contributed by atoms with Crippen LogP contribution in [0.15, 0.2) is 9.97 Å². The van der Waals surface area contributed by atoms with Crippen molar-refractivity contribution in [2.24, 2.45) is 5.18 Å². The van der Waals surface area contributed by atoms with E-state index in [9.17, 15) is 14.8 Å². The van der Waals surface area contributed by atoms with Gasteiger partial charge in [-0.3, -0.25) is 4.79 Å². The number of ether oxygens (including phenoxy) is 1. The molecule has 1 aromatic heterocycles. The lowest BCUT2D eigenvalue weighted by Gasteiger charge is -2.28. The highest BCUT2D eigenvalue weighted by atomic mass is 32.1. The fraction of sp³-hybridized carbons (Fsp3) is 0.571. The van der Waals surface area contributed by atoms with Gasteiger partial charge >= 0.3 is 4.87 Å². The first-order valence-corrected chi connectivity index (χ1v) is 5.17. The van der Waals surface area contributed by atoms with Crippen molar-refractivity contribution in [1.82, 2.24) is 4.68 Å². The standard InChI is InChI=1S/C7H9N3O4S/c11-6-5(8-13)15-7(12)10(6)9-1-3-14-4-2-9/h11H,1-4H2. The molecule has 15 heavy (non-hydrogen) atoms. The first-order valence-electron chi connectivity index (χ1n) is 4.35. The van der Waals surface area contributed by atoms with E-state index in [1.54, 1.807) is 5.01 Å². The highest BCUT2D eigenvalue weighted by Crippen LogP contribution is 2.29. The zero-order valence-electron chi connectivity index (χ0n) is 7.75. The smallest absolute Gasteiger partial charge is 0.331 e. The van der Waals surface area contributed by atoms with Crippen molar-refractivity contribution in [3.63, 3.8) is 0 Å². The van der Waals surface area contributed by atoms with Gasteiger partial charge in [-0.2, -0.15) is 4.68 Å². The van der Waals surface area contributed by atoms with Crippen molar-refractivity contribution >= 4 is 16.3 Å². The van der Waals surface area contributed by atoms with Crippen LogP contribution in [0, 0.1) is 4.91 Å². The minimum Gasteiger partial charge on any atom is -0.491 e. The van der Waals surface area contributed by atoms with E-state index in [2.05, 4.69) is 5.18 Å². The summed E-state index contributed by atoms with van der Waals surface area (Å²) in [6.07, 6.45) is 0. The summed E-state index contributed by atoms with van der Waals surface area (Å²) in [5, 5.41) is 13.6. The summed E-state index contributed by atoms with van der Waals surface area (Å²) in [6.45, 7) is 1.99. The van der Waals surface area contributed by atoms with E-state index in [0.717, 1.165) is 4.68 Å². The first-order chi connectivity index (χ1) is 7.24. The van der Waals surface area contributed by atoms with Crippen LogP contribution in [0.2, 0.25) is 0 Å². The lowest BCUT2D eigenvalue weighted by molar-refractivity contribution is 0.109. The van der Waals surface area contributed by atoms with Crippen molar-refractivity contribution in [1.29, 1.82) is 0 Å². The fourth-order valence-corrected chi connectivity index (χ4v) is 2.08. The Morgan fingerprint density at radius 2 is 2.07 bits per heavy atom. The molecule has 0 bridgehead atoms. The van der Waals surface area contributed by atoms with Crippen molar-refractivity contribution in [3.05, 3.63) is 14.6 Å². The first kappa shape index (κ1) is 10.1. The fourth-order valence-electron chi connectivity index (χ4n) is 1.41. The minimum atomic E-state index is -0.413. The molecular formula is C7H9N3O4S. The molecular weight excluding hydrogens is 222 g/mol. The summed E-state index contributed by atoms with van der Waals surface area (Å²) in [7, 11) is 0. The molecule has 1 saturated heterocycles. The molecule has 1 aromatic rings. The van der Waals surface area contributed by atoms with Crippen LogP contribution in [0.1, 0.15) is 0 Å². The minimum absolute atomic E-state index is 0.188. The summed E-state index contributed by atoms with van der Waals surface area (Å²) < 4.78 is 6.19. The number of morpholine rings is 1. The Morgan fingerprint density at radius 3 is 2.60 bits per heavy atom. The van der Waals surface area contributed by atoms with Crippen LogP contribution in [0.25, 0.3) is 0 Å². The zero-order valence-corrected chi connectivity index (χ0v) is 8.57. The highest BCUT2D eigenvalue weighted by Gasteiger charge is 2.21. The van der Waals surface area contributed by atoms with Gasteiger partial charge in [0.15, 0.2) is 0 Å². The molecule has 1 aliphatic rings. The molecule has 0 saturated carbocycles. The van der Waals surface area contributed by atoms with E-state index in [1.165, 1.54) is 0 Å². The molecule has 0 atom stereocenters. The quantitative estimate of drug-likeness (QED) is 0.723. The topological polar surface area (TPSA) is 84.1 Å². The Morgan fingerprint density at radius 1 is 1.40 bits per heavy atom. The molecule has 1 fully saturated rings. The second kappa shape index (κ2) is 3.99. The second-order valence-corrected chi connectivity index (χ2v) is 3.91. The van der Waals surface area contributed by atoms with Gasteiger partial charge in [-0.15, -0.1) is 4.91 Å². The van der Waals surface area contributed by atoms with Crippen molar-refractivity contribution in [2.75, 3.05) is 31.3 Å². The van der Waals surface area contributed by atoms with Gasteiger partial charge in [0.1, 0.15) is 0 Å². The van der Waals surface area contributed by atoms with E-state index in [4.69, 9.17) is 4.74 Å². The molecule has 2 rings (SSSR count). The predicted molar refractivity (Wildman–Crippen MR) is 54.5 cm³/mol. The Balaban J connectivity index is 2.37. The van der Waals surface area contributed by atoms with Crippen LogP contribution in [-0.2, 0) is 4.74 Å². The Labute approximate surface area is 88.4 Å². The van der Waals surface area contributed by atoms with Gasteiger partial charge in [0.05, 0.1) is 26.3 Å². The SMILES string of the molecule is O=Nc1sc(=O)n(N2CCOCC2)c1O. The summed E-state index contributed by atoms with van der Waals surface area (Å²) >= 11 is 0.630. The highest BCUT2D eigenvalue weighted by molar-refractivity contribution is 7.13. The third-order valence-electron chi connectivity index (χ3n) is 2.10. The molecule has 0 aromatic carbocycles. The van der Waals surface area contributed by atoms with Crippen LogP contribution >= 0.6 is 11.3 Å². The zero-order chi connectivity index (χ0) is 10.8. The average molecular weight is 231 g/mol. The van der Waals surface area contributed by atoms with Crippen molar-refractivity contribution < 1.29 is 9.84 Å². The van der Waals surface area contributed by atoms with Gasteiger partial charge in [-0.05, 0) is 16.5 Å². The van der Waals surface area contributed by atoms with E-state index in [1.807, 2.05) is 0 Å². The molecule has 0 aliphatic carbocycles. The molecule has 0 radical (unpaired) electrons. The lowest BCUT2D eigenvalue weighted by Crippen LogP contribution is -2.47. The molecule has 8 heteroatoms. The van der Waals surface area contributed by atoms with E-state index < -0.39 is 4.87 Å². The number of nitroso groups, excluding NO2 is 1. The van der Waals surface area contributed by atoms with Gasteiger partial charge < -0.3 is 14.9 Å². The third kappa shape index (κ3) is 1.73. The summed E-state index contributed by atoms with van der Waals surface area (Å²) in [5.41, 5.74) is 0. The summed E-state index contributed by atoms with van der Waals surface area (Å²) in [4.78, 5) is 21.3. The number of nitrogens with zero attached hydrogens (tertiary/aromatic N) is 3. The summed E-state index contributed by atoms with van der Waals surface area (Å²) in [5.74, 6) is -0.387. The van der Waals surface area contributed by atoms with Crippen LogP contribution in [0.3, 0.4) is 0 Å². The normalized spacial score (nSPS) is 16.7. The molecule has 1 aliphatic heterocycles. The number of hydrogen-bond donors (Lipinski definition) is 1. The molecule has 82 valence electrons. The van der Waals surface area contributed by atoms with Gasteiger partial charge in [-0.25, -0.2) is 0 Å². The van der Waals surface area contributed by atoms with E-state index in [0.29, 0.717) is 37.6 Å². The summed E-state index contributed by atoms with van der Waals surface area (Å²) in [6, 6.07) is 0. The van der Waals surface area contributed by atoms with Crippen LogP contribution in [0.4, 0.5) is 5.00 Å². The molecule has 0 spiro atoms. The number of aromatic hydroxyl groups is 1. The largest absolute Gasteiger partial charge is 0.491 e. The van der Waals surface area contributed by atoms with Crippen LogP contribution in [-0.4, -0.2) is 36.1 Å². The van der Waals surface area contributed by atoms with Gasteiger partial charge in [0.2, 0.25) is 5.00 Å². The maximum atomic E-state index is 11.5. The molecule has 0 unspecified atom stereocenters. The van der Waals surface area contributed by atoms with E-state index >= 15 is 0 Å². The Bertz CT molecular complexity index is 420. The lowest BCUT2D eigenvalue weighted by atomic mass is 10.5. The monoisotopic (exact) mass is 231 g/mol. The Hall–Kier alpha value is -1.41. The maximum Gasteiger partial charge on any atom is 0.331 e. The number of thiazole rings is 1. The second-order valence-electron chi connectivity index (χ2n) is 2.97.